The molecule has 18 heavy (non-hydrogen) atoms. The Morgan fingerprint density at radius 3 is 2.50 bits per heavy atom. The van der Waals surface area contributed by atoms with Crippen LogP contribution in [-0.2, 0) is 9.84 Å². The van der Waals surface area contributed by atoms with Crippen LogP contribution >= 0.6 is 0 Å². The van der Waals surface area contributed by atoms with Crippen LogP contribution < -0.4 is 0 Å². The molecule has 3 unspecified atom stereocenters. The predicted octanol–water partition coefficient (Wildman–Crippen LogP) is 3.31. The van der Waals surface area contributed by atoms with E-state index in [1.807, 2.05) is 0 Å². The van der Waals surface area contributed by atoms with E-state index < -0.39 is 15.1 Å². The smallest absolute Gasteiger partial charge is 0.154 e. The number of sulfone groups is 1. The molecule has 1 fully saturated rings. The molecule has 0 amide bonds. The summed E-state index contributed by atoms with van der Waals surface area (Å²) in [7, 11) is -3.08. The number of nitrogens with zero attached hydrogens (tertiary/aromatic N) is 1. The van der Waals surface area contributed by atoms with E-state index in [1.165, 1.54) is 0 Å². The lowest BCUT2D eigenvalue weighted by atomic mass is 9.81. The third kappa shape index (κ3) is 3.98. The van der Waals surface area contributed by atoms with E-state index in [9.17, 15) is 8.42 Å². The van der Waals surface area contributed by atoms with Gasteiger partial charge in [-0.05, 0) is 31.6 Å². The van der Waals surface area contributed by atoms with Crippen LogP contribution in [-0.4, -0.2) is 19.4 Å². The second-order valence-electron chi connectivity index (χ2n) is 5.44. The fourth-order valence-electron chi connectivity index (χ4n) is 2.83. The Kier molecular flexibility index (Phi) is 6.14. The molecular weight excluding hydrogens is 246 g/mol. The van der Waals surface area contributed by atoms with Crippen LogP contribution in [0.25, 0.3) is 0 Å². The summed E-state index contributed by atoms with van der Waals surface area (Å²) in [6.07, 6.45) is 6.22. The number of unbranched alkanes of at least 4 members (excludes halogenated alkanes) is 2. The molecule has 0 N–H and O–H groups in total. The molecule has 0 spiro atoms. The summed E-state index contributed by atoms with van der Waals surface area (Å²) in [5.74, 6) is 0.472. The quantitative estimate of drug-likeness (QED) is 0.696. The van der Waals surface area contributed by atoms with Crippen molar-refractivity contribution in [2.24, 2.45) is 11.8 Å². The fraction of sp³-hybridized carbons (Fsp3) is 0.929. The van der Waals surface area contributed by atoms with E-state index in [1.54, 1.807) is 0 Å². The Morgan fingerprint density at radius 1 is 1.22 bits per heavy atom. The Hall–Kier alpha value is -0.560. The zero-order valence-electron chi connectivity index (χ0n) is 11.6. The molecule has 0 aliphatic heterocycles. The van der Waals surface area contributed by atoms with Gasteiger partial charge < -0.3 is 0 Å². The maximum Gasteiger partial charge on any atom is 0.154 e. The monoisotopic (exact) mass is 271 g/mol. The summed E-state index contributed by atoms with van der Waals surface area (Å²) in [6, 6.07) is 2.22. The SMILES string of the molecule is CCCCCS(=O)(=O)C1CC(CC)CCC1C#N. The zero-order valence-corrected chi connectivity index (χ0v) is 12.4. The average Bonchev–Trinajstić information content (AvgIpc) is 2.38. The minimum Gasteiger partial charge on any atom is -0.229 e. The van der Waals surface area contributed by atoms with Crippen molar-refractivity contribution >= 4 is 9.84 Å². The number of hydrogen-bond acceptors (Lipinski definition) is 3. The third-order valence-electron chi connectivity index (χ3n) is 4.14. The molecule has 1 aliphatic carbocycles. The maximum absolute atomic E-state index is 12.3. The molecule has 0 aromatic rings. The summed E-state index contributed by atoms with van der Waals surface area (Å²) >= 11 is 0. The Balaban J connectivity index is 2.72. The van der Waals surface area contributed by atoms with E-state index >= 15 is 0 Å². The lowest BCUT2D eigenvalue weighted by Crippen LogP contribution is -2.36. The van der Waals surface area contributed by atoms with Gasteiger partial charge in [0.25, 0.3) is 0 Å². The van der Waals surface area contributed by atoms with Gasteiger partial charge in [-0.3, -0.25) is 0 Å². The first-order valence-corrected chi connectivity index (χ1v) is 8.87. The molecule has 0 heterocycles. The van der Waals surface area contributed by atoms with Crippen molar-refractivity contribution in [3.05, 3.63) is 0 Å². The molecule has 0 saturated heterocycles. The van der Waals surface area contributed by atoms with Gasteiger partial charge in [0.05, 0.1) is 23.0 Å². The van der Waals surface area contributed by atoms with E-state index in [2.05, 4.69) is 19.9 Å². The summed E-state index contributed by atoms with van der Waals surface area (Å²) < 4.78 is 24.7. The van der Waals surface area contributed by atoms with Gasteiger partial charge >= 0.3 is 0 Å². The Bertz CT molecular complexity index is 383. The summed E-state index contributed by atoms with van der Waals surface area (Å²) in [5, 5.41) is 8.74. The van der Waals surface area contributed by atoms with Crippen LogP contribution in [0.5, 0.6) is 0 Å². The van der Waals surface area contributed by atoms with Gasteiger partial charge in [-0.2, -0.15) is 5.26 Å². The average molecular weight is 271 g/mol. The van der Waals surface area contributed by atoms with Crippen molar-refractivity contribution in [1.29, 1.82) is 5.26 Å². The Morgan fingerprint density at radius 2 is 1.94 bits per heavy atom. The molecule has 104 valence electrons. The molecule has 1 rings (SSSR count). The normalized spacial score (nSPS) is 28.8. The molecule has 4 heteroatoms. The van der Waals surface area contributed by atoms with Gasteiger partial charge in [0.1, 0.15) is 0 Å². The maximum atomic E-state index is 12.3. The molecule has 0 aromatic heterocycles. The van der Waals surface area contributed by atoms with Crippen molar-refractivity contribution in [1.82, 2.24) is 0 Å². The number of hydrogen-bond donors (Lipinski definition) is 0. The summed E-state index contributed by atoms with van der Waals surface area (Å²) in [4.78, 5) is 0. The molecule has 0 aromatic carbocycles. The first kappa shape index (κ1) is 15.5. The van der Waals surface area contributed by atoms with E-state index in [-0.39, 0.29) is 11.7 Å². The first-order chi connectivity index (χ1) is 8.55. The fourth-order valence-corrected chi connectivity index (χ4v) is 5.00. The topological polar surface area (TPSA) is 57.9 Å². The highest BCUT2D eigenvalue weighted by atomic mass is 32.2. The van der Waals surface area contributed by atoms with Gasteiger partial charge in [-0.1, -0.05) is 33.1 Å². The van der Waals surface area contributed by atoms with Crippen molar-refractivity contribution < 1.29 is 8.42 Å². The molecule has 0 radical (unpaired) electrons. The van der Waals surface area contributed by atoms with Gasteiger partial charge in [-0.15, -0.1) is 0 Å². The lowest BCUT2D eigenvalue weighted by Gasteiger charge is -2.31. The zero-order chi connectivity index (χ0) is 13.6. The second-order valence-corrected chi connectivity index (χ2v) is 7.77. The molecule has 0 bridgehead atoms. The third-order valence-corrected chi connectivity index (χ3v) is 6.44. The second kappa shape index (κ2) is 7.13. The number of nitriles is 1. The van der Waals surface area contributed by atoms with Gasteiger partial charge in [0.15, 0.2) is 9.84 Å². The Labute approximate surface area is 111 Å². The van der Waals surface area contributed by atoms with Crippen molar-refractivity contribution in [2.45, 2.75) is 64.0 Å². The minimum absolute atomic E-state index is 0.264. The largest absolute Gasteiger partial charge is 0.229 e. The molecular formula is C14H25NO2S. The van der Waals surface area contributed by atoms with Crippen LogP contribution in [0.15, 0.2) is 0 Å². The van der Waals surface area contributed by atoms with E-state index in [4.69, 9.17) is 5.26 Å². The highest BCUT2D eigenvalue weighted by molar-refractivity contribution is 7.92. The van der Waals surface area contributed by atoms with Gasteiger partial charge in [0.2, 0.25) is 0 Å². The highest BCUT2D eigenvalue weighted by Crippen LogP contribution is 2.35. The van der Waals surface area contributed by atoms with Gasteiger partial charge in [0, 0.05) is 0 Å². The highest BCUT2D eigenvalue weighted by Gasteiger charge is 2.38. The van der Waals surface area contributed by atoms with Crippen molar-refractivity contribution in [3.8, 4) is 6.07 Å². The van der Waals surface area contributed by atoms with Crippen LogP contribution in [0.3, 0.4) is 0 Å². The molecule has 3 nitrogen and oxygen atoms in total. The van der Waals surface area contributed by atoms with Gasteiger partial charge in [-0.25, -0.2) is 8.42 Å². The predicted molar refractivity (Wildman–Crippen MR) is 73.8 cm³/mol. The van der Waals surface area contributed by atoms with Crippen LogP contribution in [0.1, 0.15) is 58.8 Å². The first-order valence-electron chi connectivity index (χ1n) is 7.16. The standard InChI is InChI=1S/C14H25NO2S/c1-3-5-6-9-18(16,17)14-10-12(4-2)7-8-13(14)11-15/h12-14H,3-10H2,1-2H3. The molecule has 3 atom stereocenters. The summed E-state index contributed by atoms with van der Waals surface area (Å²) in [6.45, 7) is 4.18. The van der Waals surface area contributed by atoms with Crippen LogP contribution in [0.4, 0.5) is 0 Å². The molecule has 1 aliphatic rings. The van der Waals surface area contributed by atoms with Crippen molar-refractivity contribution in [2.75, 3.05) is 5.75 Å². The van der Waals surface area contributed by atoms with E-state index in [0.29, 0.717) is 12.3 Å². The van der Waals surface area contributed by atoms with Crippen LogP contribution in [0.2, 0.25) is 0 Å². The van der Waals surface area contributed by atoms with Crippen LogP contribution in [0, 0.1) is 23.2 Å². The molecule has 1 saturated carbocycles. The van der Waals surface area contributed by atoms with Crippen molar-refractivity contribution in [3.63, 3.8) is 0 Å². The number of rotatable bonds is 6. The lowest BCUT2D eigenvalue weighted by molar-refractivity contribution is 0.308. The summed E-state index contributed by atoms with van der Waals surface area (Å²) in [5.41, 5.74) is 0. The van der Waals surface area contributed by atoms with E-state index in [0.717, 1.165) is 38.5 Å². The minimum atomic E-state index is -3.08.